The number of aromatic amines is 1. The molecule has 0 saturated carbocycles. The molecular formula is C19H25ClN4O3. The first-order valence-corrected chi connectivity index (χ1v) is 9.40. The lowest BCUT2D eigenvalue weighted by atomic mass is 10.0. The number of halogens is 1. The molecule has 3 amide bonds. The van der Waals surface area contributed by atoms with Gasteiger partial charge in [0.05, 0.1) is 12.6 Å². The number of amides is 3. The number of fused-ring (bicyclic) bond motifs is 1. The summed E-state index contributed by atoms with van der Waals surface area (Å²) in [6.45, 7) is 1.73. The highest BCUT2D eigenvalue weighted by atomic mass is 35.5. The van der Waals surface area contributed by atoms with E-state index in [0.29, 0.717) is 24.7 Å². The van der Waals surface area contributed by atoms with E-state index in [0.717, 1.165) is 29.4 Å². The maximum Gasteiger partial charge on any atom is 0.317 e. The third-order valence-corrected chi connectivity index (χ3v) is 5.19. The Morgan fingerprint density at radius 3 is 3.00 bits per heavy atom. The van der Waals surface area contributed by atoms with Gasteiger partial charge in [-0.25, -0.2) is 4.79 Å². The fourth-order valence-corrected chi connectivity index (χ4v) is 3.61. The number of likely N-dealkylation sites (N-methyl/N-ethyl adjacent to an activating group) is 1. The summed E-state index contributed by atoms with van der Waals surface area (Å²) in [7, 11) is 3.28. The van der Waals surface area contributed by atoms with E-state index in [1.165, 1.54) is 7.11 Å². The maximum atomic E-state index is 12.5. The first-order chi connectivity index (χ1) is 13.0. The average molecular weight is 393 g/mol. The highest BCUT2D eigenvalue weighted by molar-refractivity contribution is 6.31. The monoisotopic (exact) mass is 392 g/mol. The normalized spacial score (nSPS) is 17.1. The van der Waals surface area contributed by atoms with Crippen LogP contribution < -0.4 is 5.32 Å². The number of likely N-dealkylation sites (tertiary alicyclic amines) is 1. The van der Waals surface area contributed by atoms with Crippen molar-refractivity contribution in [2.45, 2.75) is 25.4 Å². The SMILES string of the molecule is COCC(=O)N1CCCC(N(C)C(=O)NCc2cc3cc(Cl)ccc3[nH]2)C1. The van der Waals surface area contributed by atoms with E-state index in [1.54, 1.807) is 16.8 Å². The standard InChI is InChI=1S/C19H25ClN4O3/c1-23(16-4-3-7-24(11-16)18(25)12-27-2)19(26)21-10-15-9-13-8-14(20)5-6-17(13)22-15/h5-6,8-9,16,22H,3-4,7,10-12H2,1-2H3,(H,21,26). The van der Waals surface area contributed by atoms with E-state index in [2.05, 4.69) is 10.3 Å². The Labute approximate surface area is 163 Å². The molecule has 146 valence electrons. The number of aromatic nitrogens is 1. The molecule has 8 heteroatoms. The van der Waals surface area contributed by atoms with Crippen molar-refractivity contribution in [2.75, 3.05) is 33.9 Å². The summed E-state index contributed by atoms with van der Waals surface area (Å²) in [4.78, 5) is 31.3. The zero-order valence-corrected chi connectivity index (χ0v) is 16.4. The van der Waals surface area contributed by atoms with Gasteiger partial charge in [0, 0.05) is 48.9 Å². The van der Waals surface area contributed by atoms with Gasteiger partial charge in [-0.2, -0.15) is 0 Å². The summed E-state index contributed by atoms with van der Waals surface area (Å²) in [5.74, 6) is -0.0345. The molecule has 1 saturated heterocycles. The van der Waals surface area contributed by atoms with Crippen LogP contribution in [0, 0.1) is 0 Å². The summed E-state index contributed by atoms with van der Waals surface area (Å²) in [6, 6.07) is 7.46. The molecule has 0 bridgehead atoms. The zero-order valence-electron chi connectivity index (χ0n) is 15.6. The van der Waals surface area contributed by atoms with Crippen LogP contribution in [0.4, 0.5) is 4.79 Å². The first kappa shape index (κ1) is 19.5. The Morgan fingerprint density at radius 2 is 2.22 bits per heavy atom. The quantitative estimate of drug-likeness (QED) is 0.821. The molecule has 0 aliphatic carbocycles. The van der Waals surface area contributed by atoms with Gasteiger partial charge in [-0.05, 0) is 37.1 Å². The van der Waals surface area contributed by atoms with Crippen molar-refractivity contribution in [3.8, 4) is 0 Å². The molecule has 0 spiro atoms. The van der Waals surface area contributed by atoms with Crippen molar-refractivity contribution in [3.05, 3.63) is 35.0 Å². The second kappa shape index (κ2) is 8.63. The fraction of sp³-hybridized carbons (Fsp3) is 0.474. The van der Waals surface area contributed by atoms with Crippen LogP contribution in [0.15, 0.2) is 24.3 Å². The Kier molecular flexibility index (Phi) is 6.23. The smallest absolute Gasteiger partial charge is 0.317 e. The second-order valence-electron chi connectivity index (χ2n) is 6.86. The largest absolute Gasteiger partial charge is 0.375 e. The van der Waals surface area contributed by atoms with Gasteiger partial charge in [-0.15, -0.1) is 0 Å². The number of hydrogen-bond acceptors (Lipinski definition) is 3. The van der Waals surface area contributed by atoms with E-state index in [1.807, 2.05) is 24.3 Å². The third kappa shape index (κ3) is 4.73. The highest BCUT2D eigenvalue weighted by Gasteiger charge is 2.28. The molecule has 1 aliphatic heterocycles. The van der Waals surface area contributed by atoms with Crippen LogP contribution in [0.2, 0.25) is 5.02 Å². The summed E-state index contributed by atoms with van der Waals surface area (Å²) in [6.07, 6.45) is 1.76. The summed E-state index contributed by atoms with van der Waals surface area (Å²) in [5.41, 5.74) is 1.89. The molecule has 1 atom stereocenters. The van der Waals surface area contributed by atoms with Crippen molar-refractivity contribution < 1.29 is 14.3 Å². The number of hydrogen-bond donors (Lipinski definition) is 2. The van der Waals surface area contributed by atoms with Crippen molar-refractivity contribution in [3.63, 3.8) is 0 Å². The van der Waals surface area contributed by atoms with Crippen LogP contribution in [0.1, 0.15) is 18.5 Å². The van der Waals surface area contributed by atoms with Gasteiger partial charge in [0.25, 0.3) is 0 Å². The topological polar surface area (TPSA) is 77.7 Å². The molecule has 1 aromatic carbocycles. The van der Waals surface area contributed by atoms with E-state index >= 15 is 0 Å². The minimum absolute atomic E-state index is 0.000997. The zero-order chi connectivity index (χ0) is 19.4. The molecule has 2 aromatic rings. The molecule has 1 aromatic heterocycles. The number of nitrogens with zero attached hydrogens (tertiary/aromatic N) is 2. The summed E-state index contributed by atoms with van der Waals surface area (Å²) in [5, 5.41) is 4.63. The van der Waals surface area contributed by atoms with Crippen molar-refractivity contribution >= 4 is 34.4 Å². The Balaban J connectivity index is 1.55. The van der Waals surface area contributed by atoms with Gasteiger partial charge in [0.2, 0.25) is 5.91 Å². The average Bonchev–Trinajstić information content (AvgIpc) is 3.07. The molecule has 2 heterocycles. The van der Waals surface area contributed by atoms with Crippen LogP contribution in [0.5, 0.6) is 0 Å². The van der Waals surface area contributed by atoms with E-state index < -0.39 is 0 Å². The number of rotatable bonds is 5. The Hall–Kier alpha value is -2.25. The van der Waals surface area contributed by atoms with Crippen molar-refractivity contribution in [1.29, 1.82) is 0 Å². The van der Waals surface area contributed by atoms with Crippen LogP contribution in [0.25, 0.3) is 10.9 Å². The molecule has 27 heavy (non-hydrogen) atoms. The van der Waals surface area contributed by atoms with Crippen LogP contribution in [-0.4, -0.2) is 66.6 Å². The second-order valence-corrected chi connectivity index (χ2v) is 7.30. The number of methoxy groups -OCH3 is 1. The van der Waals surface area contributed by atoms with Gasteiger partial charge >= 0.3 is 6.03 Å². The predicted octanol–water partition coefficient (Wildman–Crippen LogP) is 2.60. The first-order valence-electron chi connectivity index (χ1n) is 9.02. The Morgan fingerprint density at radius 1 is 1.41 bits per heavy atom. The maximum absolute atomic E-state index is 12.5. The van der Waals surface area contributed by atoms with Crippen molar-refractivity contribution in [2.24, 2.45) is 0 Å². The Bertz CT molecular complexity index is 822. The number of nitrogens with one attached hydrogen (secondary N) is 2. The molecule has 1 fully saturated rings. The number of ether oxygens (including phenoxy) is 1. The molecular weight excluding hydrogens is 368 g/mol. The number of carbonyl (C=O) groups is 2. The van der Waals surface area contributed by atoms with E-state index in [9.17, 15) is 9.59 Å². The minimum Gasteiger partial charge on any atom is -0.375 e. The lowest BCUT2D eigenvalue weighted by Gasteiger charge is -2.37. The lowest BCUT2D eigenvalue weighted by molar-refractivity contribution is -0.137. The van der Waals surface area contributed by atoms with Gasteiger partial charge < -0.3 is 24.8 Å². The molecule has 1 aliphatic rings. The van der Waals surface area contributed by atoms with Crippen LogP contribution >= 0.6 is 11.6 Å². The van der Waals surface area contributed by atoms with Gasteiger partial charge in [-0.3, -0.25) is 4.79 Å². The third-order valence-electron chi connectivity index (χ3n) is 4.95. The summed E-state index contributed by atoms with van der Waals surface area (Å²) < 4.78 is 4.92. The van der Waals surface area contributed by atoms with Crippen LogP contribution in [0.3, 0.4) is 0 Å². The predicted molar refractivity (Wildman–Crippen MR) is 105 cm³/mol. The molecule has 3 rings (SSSR count). The van der Waals surface area contributed by atoms with Gasteiger partial charge in [0.15, 0.2) is 0 Å². The highest BCUT2D eigenvalue weighted by Crippen LogP contribution is 2.20. The minimum atomic E-state index is -0.155. The molecule has 7 nitrogen and oxygen atoms in total. The number of H-pyrrole nitrogens is 1. The molecule has 1 unspecified atom stereocenters. The lowest BCUT2D eigenvalue weighted by Crippen LogP contribution is -2.53. The summed E-state index contributed by atoms with van der Waals surface area (Å²) >= 11 is 6.01. The van der Waals surface area contributed by atoms with Gasteiger partial charge in [-0.1, -0.05) is 11.6 Å². The van der Waals surface area contributed by atoms with Gasteiger partial charge in [0.1, 0.15) is 6.61 Å². The van der Waals surface area contributed by atoms with E-state index in [4.69, 9.17) is 16.3 Å². The number of piperidine rings is 1. The molecule has 0 radical (unpaired) electrons. The fourth-order valence-electron chi connectivity index (χ4n) is 3.43. The van der Waals surface area contributed by atoms with Crippen molar-refractivity contribution in [1.82, 2.24) is 20.1 Å². The number of carbonyl (C=O) groups excluding carboxylic acids is 2. The van der Waals surface area contributed by atoms with Crippen LogP contribution in [-0.2, 0) is 16.1 Å². The number of benzene rings is 1. The van der Waals surface area contributed by atoms with E-state index in [-0.39, 0.29) is 24.6 Å². The molecule has 2 N–H and O–H groups in total. The number of urea groups is 1.